The van der Waals surface area contributed by atoms with Gasteiger partial charge in [0, 0.05) is 25.7 Å². The molecule has 0 radical (unpaired) electrons. The maximum Gasteiger partial charge on any atom is 0.472 e. The van der Waals surface area contributed by atoms with Crippen molar-refractivity contribution in [3.05, 3.63) is 0 Å². The maximum atomic E-state index is 13.2. The highest BCUT2D eigenvalue weighted by molar-refractivity contribution is 7.47. The van der Waals surface area contributed by atoms with Crippen LogP contribution in [0.4, 0.5) is 0 Å². The highest BCUT2D eigenvalue weighted by atomic mass is 31.2. The summed E-state index contributed by atoms with van der Waals surface area (Å²) in [6, 6.07) is 0. The van der Waals surface area contributed by atoms with Crippen LogP contribution in [0.25, 0.3) is 0 Å². The monoisotopic (exact) mass is 1550 g/mol. The predicted octanol–water partition coefficient (Wildman–Crippen LogP) is 26.6. The Morgan fingerprint density at radius 2 is 0.481 bits per heavy atom. The molecule has 0 saturated carbocycles. The zero-order valence-corrected chi connectivity index (χ0v) is 71.5. The molecule has 0 bridgehead atoms. The van der Waals surface area contributed by atoms with Gasteiger partial charge in [-0.2, -0.15) is 0 Å². The van der Waals surface area contributed by atoms with E-state index in [-0.39, 0.29) is 25.7 Å². The molecule has 0 saturated heterocycles. The normalized spacial score (nSPS) is 14.1. The molecule has 630 valence electrons. The lowest BCUT2D eigenvalue weighted by Crippen LogP contribution is -2.30. The lowest BCUT2D eigenvalue weighted by molar-refractivity contribution is -0.161. The van der Waals surface area contributed by atoms with Crippen LogP contribution in [0.3, 0.4) is 0 Å². The standard InChI is InChI=1S/C87H170O17P2/c1-7-10-12-14-16-18-20-32-41-47-53-59-65-71-86(91)103-82(75-97-84(89)69-63-57-51-45-39-21-19-17-15-13-11-8-2)77-101-105(93,94)99-73-81(88)74-100-106(95,96)102-78-83(76-98-85(90)70-64-58-52-46-40-35-30-27-26-28-33-37-43-49-55-61-67-79(4)5)104-87(92)72-66-60-54-48-42-36-31-25-23-22-24-29-34-38-44-50-56-62-68-80(6)9-3/h79-83,88H,7-78H2,1-6H3,(H,93,94)(H,95,96)/t80?,81-,82+,83+/m0/s1. The molecule has 6 atom stereocenters. The number of aliphatic hydroxyl groups excluding tert-OH is 1. The summed E-state index contributed by atoms with van der Waals surface area (Å²) in [6.45, 7) is 9.78. The second-order valence-corrected chi connectivity index (χ2v) is 34.9. The molecular formula is C87H170O17P2. The highest BCUT2D eigenvalue weighted by Gasteiger charge is 2.30. The number of phosphoric acid groups is 2. The molecule has 3 unspecified atom stereocenters. The van der Waals surface area contributed by atoms with Gasteiger partial charge in [-0.15, -0.1) is 0 Å². The van der Waals surface area contributed by atoms with Crippen molar-refractivity contribution in [3.8, 4) is 0 Å². The van der Waals surface area contributed by atoms with Gasteiger partial charge in [-0.05, 0) is 37.5 Å². The van der Waals surface area contributed by atoms with Crippen LogP contribution in [-0.2, 0) is 65.4 Å². The fourth-order valence-electron chi connectivity index (χ4n) is 13.6. The minimum absolute atomic E-state index is 0.108. The number of aliphatic hydroxyl groups is 1. The Morgan fingerprint density at radius 1 is 0.274 bits per heavy atom. The fourth-order valence-corrected chi connectivity index (χ4v) is 15.1. The summed E-state index contributed by atoms with van der Waals surface area (Å²) in [5.41, 5.74) is 0. The third-order valence-electron chi connectivity index (χ3n) is 20.8. The van der Waals surface area contributed by atoms with Gasteiger partial charge in [0.25, 0.3) is 0 Å². The minimum atomic E-state index is -4.97. The first-order valence-corrected chi connectivity index (χ1v) is 48.0. The smallest absolute Gasteiger partial charge is 0.462 e. The van der Waals surface area contributed by atoms with E-state index in [0.717, 1.165) is 102 Å². The number of unbranched alkanes of at least 4 members (excludes halogenated alkanes) is 55. The molecule has 0 aliphatic carbocycles. The molecule has 3 N–H and O–H groups in total. The number of phosphoric ester groups is 2. The highest BCUT2D eigenvalue weighted by Crippen LogP contribution is 2.45. The fraction of sp³-hybridized carbons (Fsp3) is 0.954. The van der Waals surface area contributed by atoms with Gasteiger partial charge in [0.2, 0.25) is 0 Å². The SMILES string of the molecule is CCCCCCCCCCCCCCCC(=O)O[C@H](COC(=O)CCCCCCCCCCCCCC)COP(=O)(O)OC[C@H](O)COP(=O)(O)OC[C@@H](COC(=O)CCCCCCCCCCCCCCCCCCC(C)C)OC(=O)CCCCCCCCCCCCCCCCCCCCC(C)CC. The molecule has 0 aromatic carbocycles. The quantitative estimate of drug-likeness (QED) is 0.0222. The molecule has 0 amide bonds. The van der Waals surface area contributed by atoms with Crippen molar-refractivity contribution >= 4 is 39.5 Å². The molecular weight excluding hydrogens is 1380 g/mol. The van der Waals surface area contributed by atoms with Crippen LogP contribution in [0.5, 0.6) is 0 Å². The van der Waals surface area contributed by atoms with E-state index in [4.69, 9.17) is 37.0 Å². The summed E-state index contributed by atoms with van der Waals surface area (Å²) < 4.78 is 68.9. The molecule has 0 spiro atoms. The number of hydrogen-bond acceptors (Lipinski definition) is 15. The van der Waals surface area contributed by atoms with E-state index in [1.54, 1.807) is 0 Å². The van der Waals surface area contributed by atoms with Gasteiger partial charge in [0.05, 0.1) is 26.4 Å². The Labute approximate surface area is 651 Å². The Bertz CT molecular complexity index is 2030. The molecule has 0 rings (SSSR count). The van der Waals surface area contributed by atoms with Gasteiger partial charge >= 0.3 is 39.5 Å². The van der Waals surface area contributed by atoms with Crippen molar-refractivity contribution in [1.82, 2.24) is 0 Å². The third-order valence-corrected chi connectivity index (χ3v) is 22.7. The van der Waals surface area contributed by atoms with Gasteiger partial charge in [-0.3, -0.25) is 37.3 Å². The Morgan fingerprint density at radius 3 is 0.717 bits per heavy atom. The number of rotatable bonds is 86. The van der Waals surface area contributed by atoms with Crippen LogP contribution in [0.2, 0.25) is 0 Å². The molecule has 0 fully saturated rings. The summed E-state index contributed by atoms with van der Waals surface area (Å²) in [5.74, 6) is -0.415. The van der Waals surface area contributed by atoms with Crippen molar-refractivity contribution < 1.29 is 80.2 Å². The molecule has 17 nitrogen and oxygen atoms in total. The second kappa shape index (κ2) is 78.3. The van der Waals surface area contributed by atoms with E-state index in [1.165, 1.54) is 283 Å². The number of carbonyl (C=O) groups excluding carboxylic acids is 4. The first kappa shape index (κ1) is 104. The third kappa shape index (κ3) is 78.7. The van der Waals surface area contributed by atoms with Crippen LogP contribution in [0.1, 0.15) is 465 Å². The average molecular weight is 1550 g/mol. The Hall–Kier alpha value is -1.94. The Kier molecular flexibility index (Phi) is 76.9. The zero-order chi connectivity index (χ0) is 77.8. The second-order valence-electron chi connectivity index (χ2n) is 32.0. The van der Waals surface area contributed by atoms with Gasteiger partial charge in [0.15, 0.2) is 12.2 Å². The topological polar surface area (TPSA) is 237 Å². The van der Waals surface area contributed by atoms with Crippen molar-refractivity contribution in [3.63, 3.8) is 0 Å². The van der Waals surface area contributed by atoms with Gasteiger partial charge < -0.3 is 33.8 Å². The first-order chi connectivity index (χ1) is 51.4. The van der Waals surface area contributed by atoms with Crippen LogP contribution in [0.15, 0.2) is 0 Å². The summed E-state index contributed by atoms with van der Waals surface area (Å²) >= 11 is 0. The van der Waals surface area contributed by atoms with Gasteiger partial charge in [-0.25, -0.2) is 9.13 Å². The minimum Gasteiger partial charge on any atom is -0.462 e. The number of hydrogen-bond donors (Lipinski definition) is 3. The average Bonchev–Trinajstić information content (AvgIpc) is 0.902. The van der Waals surface area contributed by atoms with Crippen LogP contribution >= 0.6 is 15.6 Å². The maximum absolute atomic E-state index is 13.2. The van der Waals surface area contributed by atoms with E-state index in [0.29, 0.717) is 25.7 Å². The van der Waals surface area contributed by atoms with E-state index >= 15 is 0 Å². The molecule has 0 aromatic heterocycles. The van der Waals surface area contributed by atoms with Crippen molar-refractivity contribution in [1.29, 1.82) is 0 Å². The molecule has 0 aliphatic heterocycles. The predicted molar refractivity (Wildman–Crippen MR) is 437 cm³/mol. The van der Waals surface area contributed by atoms with Gasteiger partial charge in [-0.1, -0.05) is 414 Å². The van der Waals surface area contributed by atoms with E-state index in [1.807, 2.05) is 0 Å². The van der Waals surface area contributed by atoms with E-state index in [2.05, 4.69) is 41.5 Å². The molecule has 0 aromatic rings. The largest absolute Gasteiger partial charge is 0.472 e. The molecule has 0 aliphatic rings. The zero-order valence-electron chi connectivity index (χ0n) is 69.7. The summed E-state index contributed by atoms with van der Waals surface area (Å²) in [7, 11) is -9.93. The summed E-state index contributed by atoms with van der Waals surface area (Å²) in [5, 5.41) is 10.7. The van der Waals surface area contributed by atoms with Gasteiger partial charge in [0.1, 0.15) is 19.3 Å². The van der Waals surface area contributed by atoms with Crippen LogP contribution in [-0.4, -0.2) is 96.7 Å². The molecule has 0 heterocycles. The van der Waals surface area contributed by atoms with E-state index in [9.17, 15) is 43.2 Å². The number of ether oxygens (including phenoxy) is 4. The Balaban J connectivity index is 5.23. The first-order valence-electron chi connectivity index (χ1n) is 45.0. The van der Waals surface area contributed by atoms with E-state index < -0.39 is 97.5 Å². The lowest BCUT2D eigenvalue weighted by Gasteiger charge is -2.21. The number of carbonyl (C=O) groups is 4. The number of esters is 4. The van der Waals surface area contributed by atoms with Crippen molar-refractivity contribution in [2.24, 2.45) is 11.8 Å². The van der Waals surface area contributed by atoms with Crippen molar-refractivity contribution in [2.75, 3.05) is 39.6 Å². The van der Waals surface area contributed by atoms with Crippen LogP contribution < -0.4 is 0 Å². The molecule has 19 heteroatoms. The lowest BCUT2D eigenvalue weighted by atomic mass is 9.99. The van der Waals surface area contributed by atoms with Crippen molar-refractivity contribution in [2.45, 2.75) is 484 Å². The summed E-state index contributed by atoms with van der Waals surface area (Å²) in [6.07, 6.45) is 70.7. The van der Waals surface area contributed by atoms with Crippen LogP contribution in [0, 0.1) is 11.8 Å². The summed E-state index contributed by atoms with van der Waals surface area (Å²) in [4.78, 5) is 73.2. The molecule has 106 heavy (non-hydrogen) atoms.